The molecule has 0 aliphatic carbocycles. The molecule has 0 spiro atoms. The molecule has 0 bridgehead atoms. The molecule has 0 fully saturated rings. The van der Waals surface area contributed by atoms with Crippen molar-refractivity contribution < 1.29 is 36.9 Å². The van der Waals surface area contributed by atoms with E-state index in [1.54, 1.807) is 39.0 Å². The second-order valence-corrected chi connectivity index (χ2v) is 14.5. The van der Waals surface area contributed by atoms with E-state index in [2.05, 4.69) is 5.32 Å². The molecule has 2 aromatic rings. The molecule has 0 radical (unpaired) electrons. The van der Waals surface area contributed by atoms with E-state index in [4.69, 9.17) is 9.47 Å². The molecular weight excluding hydrogens is 559 g/mol. The highest BCUT2D eigenvalue weighted by atomic mass is 32.2. The lowest BCUT2D eigenvalue weighted by Gasteiger charge is -2.29. The van der Waals surface area contributed by atoms with Crippen molar-refractivity contribution in [3.8, 4) is 5.75 Å². The van der Waals surface area contributed by atoms with Gasteiger partial charge in [0.2, 0.25) is 10.0 Å². The number of para-hydroxylation sites is 1. The summed E-state index contributed by atoms with van der Waals surface area (Å²) in [6.07, 6.45) is 0.209. The number of amides is 1. The van der Waals surface area contributed by atoms with Crippen LogP contribution in [0, 0.1) is 0 Å². The monoisotopic (exact) mass is 600 g/mol. The number of hydrogen-bond acceptors (Lipinski definition) is 7. The summed E-state index contributed by atoms with van der Waals surface area (Å²) in [5.41, 5.74) is -0.104. The molecule has 9 nitrogen and oxygen atoms in total. The van der Waals surface area contributed by atoms with Gasteiger partial charge in [0, 0.05) is 20.1 Å². The zero-order valence-corrected chi connectivity index (χ0v) is 25.6. The molecule has 40 heavy (non-hydrogen) atoms. The van der Waals surface area contributed by atoms with Gasteiger partial charge in [-0.05, 0) is 84.4 Å². The van der Waals surface area contributed by atoms with Crippen LogP contribution in [0.2, 0.25) is 0 Å². The van der Waals surface area contributed by atoms with Gasteiger partial charge in [-0.15, -0.1) is 0 Å². The molecule has 0 aromatic heterocycles. The fourth-order valence-electron chi connectivity index (χ4n) is 3.90. The summed E-state index contributed by atoms with van der Waals surface area (Å²) in [7, 11) is -7.82. The summed E-state index contributed by atoms with van der Waals surface area (Å²) < 4.78 is 78.7. The van der Waals surface area contributed by atoms with E-state index in [9.17, 15) is 26.0 Å². The normalized spacial score (nSPS) is 13.1. The Labute approximate surface area is 238 Å². The van der Waals surface area contributed by atoms with Gasteiger partial charge < -0.3 is 14.8 Å². The minimum atomic E-state index is -4.12. The van der Waals surface area contributed by atoms with Crippen molar-refractivity contribution in [1.29, 1.82) is 0 Å². The highest BCUT2D eigenvalue weighted by Crippen LogP contribution is 2.27. The number of sulfonamides is 1. The predicted molar refractivity (Wildman–Crippen MR) is 154 cm³/mol. The first-order valence-corrected chi connectivity index (χ1v) is 15.9. The molecule has 0 aliphatic rings. The van der Waals surface area contributed by atoms with E-state index in [0.717, 1.165) is 6.08 Å². The molecule has 0 atom stereocenters. The Morgan fingerprint density at radius 1 is 1.00 bits per heavy atom. The average Bonchev–Trinajstić information content (AvgIpc) is 2.81. The van der Waals surface area contributed by atoms with E-state index < -0.39 is 43.1 Å². The Morgan fingerprint density at radius 2 is 1.57 bits per heavy atom. The molecule has 0 aliphatic heterocycles. The Bertz CT molecular complexity index is 1400. The number of sulfone groups is 1. The fraction of sp³-hybridized carbons (Fsp3) is 0.464. The van der Waals surface area contributed by atoms with E-state index in [0.29, 0.717) is 5.56 Å². The number of halogens is 1. The minimum absolute atomic E-state index is 0. The molecule has 0 unspecified atom stereocenters. The van der Waals surface area contributed by atoms with Crippen LogP contribution >= 0.6 is 0 Å². The van der Waals surface area contributed by atoms with Crippen molar-refractivity contribution >= 4 is 26.0 Å². The number of alkyl carbamates (subject to hydrolysis) is 1. The van der Waals surface area contributed by atoms with Crippen molar-refractivity contribution in [2.45, 2.75) is 82.5 Å². The number of nitrogens with zero attached hydrogens (tertiary/aromatic N) is 1. The first-order valence-electron chi connectivity index (χ1n) is 12.8. The molecule has 1 N–H and O–H groups in total. The third kappa shape index (κ3) is 9.60. The summed E-state index contributed by atoms with van der Waals surface area (Å²) >= 11 is 0. The highest BCUT2D eigenvalue weighted by molar-refractivity contribution is 7.91. The molecule has 1 amide bonds. The number of nitrogens with one attached hydrogen (secondary N) is 1. The number of hydrogen-bond donors (Lipinski definition) is 1. The van der Waals surface area contributed by atoms with Crippen LogP contribution in [0.25, 0.3) is 0 Å². The number of ether oxygens (including phenoxy) is 2. The Balaban J connectivity index is 0.00000840. The van der Waals surface area contributed by atoms with Crippen molar-refractivity contribution in [3.63, 3.8) is 0 Å². The van der Waals surface area contributed by atoms with Crippen molar-refractivity contribution in [2.24, 2.45) is 0 Å². The molecule has 12 heteroatoms. The van der Waals surface area contributed by atoms with E-state index in [1.807, 2.05) is 27.7 Å². The SMILES string of the molecule is CC(C)N(C(C)C)S(=O)(=O)c1ccc(COc2ccccc2S(=O)(=O)C/C(F)=C/CNC(=O)OC(C)(C)C)cc1.[HH]. The number of benzene rings is 2. The van der Waals surface area contributed by atoms with Gasteiger partial charge >= 0.3 is 6.09 Å². The second kappa shape index (κ2) is 13.6. The topological polar surface area (TPSA) is 119 Å². The molecule has 0 saturated heterocycles. The quantitative estimate of drug-likeness (QED) is 0.343. The fourth-order valence-corrected chi connectivity index (χ4v) is 7.09. The third-order valence-electron chi connectivity index (χ3n) is 5.39. The van der Waals surface area contributed by atoms with Gasteiger partial charge in [-0.2, -0.15) is 4.31 Å². The van der Waals surface area contributed by atoms with Gasteiger partial charge in [0.05, 0.1) is 4.90 Å². The van der Waals surface area contributed by atoms with Crippen LogP contribution in [0.5, 0.6) is 5.75 Å². The lowest BCUT2D eigenvalue weighted by Crippen LogP contribution is -2.41. The summed E-state index contributed by atoms with van der Waals surface area (Å²) in [4.78, 5) is 11.6. The number of rotatable bonds is 12. The van der Waals surface area contributed by atoms with Gasteiger partial charge in [-0.3, -0.25) is 0 Å². The standard InChI is InChI=1S/C28H39FN2O7S2.H2/c1-20(2)31(21(3)4)40(35,36)24-14-12-22(13-15-24)18-37-25-10-8-9-11-26(25)39(33,34)19-23(29)16-17-30-27(32)38-28(5,6)7;/h8-16,20-21H,17-19H2,1-7H3,(H,30,32);1H/b23-16-;. The maximum absolute atomic E-state index is 14.4. The van der Waals surface area contributed by atoms with Crippen LogP contribution in [0.1, 0.15) is 55.5 Å². The summed E-state index contributed by atoms with van der Waals surface area (Å²) in [5, 5.41) is 2.34. The molecule has 224 valence electrons. The summed E-state index contributed by atoms with van der Waals surface area (Å²) in [6.45, 7) is 12.0. The largest absolute Gasteiger partial charge is 0.488 e. The lowest BCUT2D eigenvalue weighted by atomic mass is 10.2. The van der Waals surface area contributed by atoms with E-state index >= 15 is 0 Å². The maximum atomic E-state index is 14.4. The molecule has 0 saturated carbocycles. The Kier molecular flexibility index (Phi) is 11.3. The van der Waals surface area contributed by atoms with E-state index in [-0.39, 0.29) is 42.2 Å². The van der Waals surface area contributed by atoms with E-state index in [1.165, 1.54) is 34.6 Å². The average molecular weight is 601 g/mol. The first kappa shape index (κ1) is 33.2. The number of carbonyl (C=O) groups excluding carboxylic acids is 1. The van der Waals surface area contributed by atoms with Crippen LogP contribution in [0.3, 0.4) is 0 Å². The van der Waals surface area contributed by atoms with Gasteiger partial charge in [0.1, 0.15) is 34.4 Å². The predicted octanol–water partition coefficient (Wildman–Crippen LogP) is 5.47. The van der Waals surface area contributed by atoms with Gasteiger partial charge in [-0.25, -0.2) is 26.0 Å². The van der Waals surface area contributed by atoms with Gasteiger partial charge in [0.25, 0.3) is 0 Å². The smallest absolute Gasteiger partial charge is 0.407 e. The lowest BCUT2D eigenvalue weighted by molar-refractivity contribution is 0.0534. The van der Waals surface area contributed by atoms with Crippen LogP contribution in [0.15, 0.2) is 70.2 Å². The van der Waals surface area contributed by atoms with Gasteiger partial charge in [-0.1, -0.05) is 24.3 Å². The molecule has 2 aromatic carbocycles. The maximum Gasteiger partial charge on any atom is 0.407 e. The molecule has 0 heterocycles. The van der Waals surface area contributed by atoms with Crippen molar-refractivity contribution in [2.75, 3.05) is 12.3 Å². The number of carbonyl (C=O) groups is 1. The highest BCUT2D eigenvalue weighted by Gasteiger charge is 2.29. The van der Waals surface area contributed by atoms with Crippen molar-refractivity contribution in [3.05, 3.63) is 66.0 Å². The Hall–Kier alpha value is -2.96. The van der Waals surface area contributed by atoms with Crippen LogP contribution in [0.4, 0.5) is 9.18 Å². The summed E-state index contributed by atoms with van der Waals surface area (Å²) in [6, 6.07) is 11.6. The summed E-state index contributed by atoms with van der Waals surface area (Å²) in [5.74, 6) is -1.83. The van der Waals surface area contributed by atoms with Crippen molar-refractivity contribution in [1.82, 2.24) is 9.62 Å². The zero-order valence-electron chi connectivity index (χ0n) is 24.0. The van der Waals surface area contributed by atoms with Crippen LogP contribution in [-0.2, 0) is 31.2 Å². The third-order valence-corrected chi connectivity index (χ3v) is 9.32. The molecule has 2 rings (SSSR count). The van der Waals surface area contributed by atoms with Crippen LogP contribution in [-0.4, -0.2) is 57.2 Å². The van der Waals surface area contributed by atoms with Crippen LogP contribution < -0.4 is 10.1 Å². The second-order valence-electron chi connectivity index (χ2n) is 10.7. The zero-order chi connectivity index (χ0) is 30.3. The minimum Gasteiger partial charge on any atom is -0.488 e. The Morgan fingerprint density at radius 3 is 2.12 bits per heavy atom. The molecular formula is C28H41FN2O7S2. The first-order chi connectivity index (χ1) is 18.4. The van der Waals surface area contributed by atoms with Gasteiger partial charge in [0.15, 0.2) is 9.84 Å².